The molecule has 1 rings (SSSR count). The van der Waals surface area contributed by atoms with Crippen LogP contribution in [0.4, 0.5) is 0 Å². The van der Waals surface area contributed by atoms with E-state index < -0.39 is 5.54 Å². The number of esters is 1. The topological polar surface area (TPSA) is 87.1 Å². The van der Waals surface area contributed by atoms with Crippen LogP contribution in [-0.4, -0.2) is 31.2 Å². The molecule has 0 radical (unpaired) electrons. The molecule has 0 heterocycles. The Balaban J connectivity index is 2.85. The molecule has 1 N–H and O–H groups in total. The zero-order chi connectivity index (χ0) is 14.5. The summed E-state index contributed by atoms with van der Waals surface area (Å²) < 4.78 is 5.25. The van der Waals surface area contributed by atoms with Crippen LogP contribution in [0.5, 0.6) is 0 Å². The van der Waals surface area contributed by atoms with Crippen molar-refractivity contribution >= 4 is 5.97 Å². The average molecular weight is 268 g/mol. The maximum Gasteiger partial charge on any atom is 0.326 e. The molecule has 0 bridgehead atoms. The Bertz CT molecular complexity index is 377. The molecule has 1 aliphatic carbocycles. The Hall–Kier alpha value is -1.26. The van der Waals surface area contributed by atoms with E-state index in [0.717, 1.165) is 12.8 Å². The first-order chi connectivity index (χ1) is 8.88. The van der Waals surface area contributed by atoms with E-state index in [9.17, 15) is 4.79 Å². The normalized spacial score (nSPS) is 28.7. The van der Waals surface area contributed by atoms with Gasteiger partial charge in [0.2, 0.25) is 0 Å². The predicted octanol–water partition coefficient (Wildman–Crippen LogP) is 2.64. The Morgan fingerprint density at radius 1 is 1.58 bits per heavy atom. The molecule has 0 aliphatic heterocycles. The van der Waals surface area contributed by atoms with E-state index in [1.165, 1.54) is 0 Å². The first kappa shape index (κ1) is 15.8. The molecule has 0 aromatic carbocycles. The maximum absolute atomic E-state index is 12.3. The molecule has 0 saturated heterocycles. The molecule has 6 heteroatoms. The summed E-state index contributed by atoms with van der Waals surface area (Å²) in [6.07, 6.45) is 1.72. The van der Waals surface area contributed by atoms with Crippen LogP contribution < -0.4 is 5.32 Å². The third-order valence-electron chi connectivity index (χ3n) is 3.81. The van der Waals surface area contributed by atoms with Crippen molar-refractivity contribution in [3.05, 3.63) is 10.4 Å². The fourth-order valence-corrected chi connectivity index (χ4v) is 3.22. The molecular formula is C13H24N4O2. The lowest BCUT2D eigenvalue weighted by atomic mass is 9.86. The van der Waals surface area contributed by atoms with Gasteiger partial charge in [-0.1, -0.05) is 25.9 Å². The van der Waals surface area contributed by atoms with Crippen LogP contribution in [0.15, 0.2) is 5.11 Å². The van der Waals surface area contributed by atoms with Gasteiger partial charge in [0.1, 0.15) is 5.54 Å². The summed E-state index contributed by atoms with van der Waals surface area (Å²) in [6.45, 7) is 9.43. The summed E-state index contributed by atoms with van der Waals surface area (Å²) in [4.78, 5) is 15.1. The standard InChI is InChI=1S/C13H24N4O2/c1-5-19-11(18)13(15-6-7-16-17-14)9-12(3,4)8-10(13)2/h10,15H,5-9H2,1-4H3. The number of nitrogens with one attached hydrogen (secondary N) is 1. The highest BCUT2D eigenvalue weighted by Gasteiger charge is 2.54. The second kappa shape index (κ2) is 6.26. The lowest BCUT2D eigenvalue weighted by Gasteiger charge is -2.33. The van der Waals surface area contributed by atoms with Crippen LogP contribution >= 0.6 is 0 Å². The van der Waals surface area contributed by atoms with Gasteiger partial charge in [0.05, 0.1) is 6.61 Å². The molecule has 6 nitrogen and oxygen atoms in total. The minimum atomic E-state index is -0.648. The van der Waals surface area contributed by atoms with E-state index in [2.05, 4.69) is 36.1 Å². The number of carbonyl (C=O) groups is 1. The molecule has 19 heavy (non-hydrogen) atoms. The third-order valence-corrected chi connectivity index (χ3v) is 3.81. The van der Waals surface area contributed by atoms with Crippen molar-refractivity contribution < 1.29 is 9.53 Å². The number of nitrogens with zero attached hydrogens (tertiary/aromatic N) is 3. The number of ether oxygens (including phenoxy) is 1. The van der Waals surface area contributed by atoms with E-state index in [0.29, 0.717) is 19.7 Å². The summed E-state index contributed by atoms with van der Waals surface area (Å²) >= 11 is 0. The first-order valence-electron chi connectivity index (χ1n) is 6.81. The number of azide groups is 1. The molecule has 0 amide bonds. The molecule has 0 spiro atoms. The molecule has 2 unspecified atom stereocenters. The monoisotopic (exact) mass is 268 g/mol. The lowest BCUT2D eigenvalue weighted by molar-refractivity contribution is -0.153. The lowest BCUT2D eigenvalue weighted by Crippen LogP contribution is -2.56. The van der Waals surface area contributed by atoms with Crippen LogP contribution in [0.2, 0.25) is 0 Å². The van der Waals surface area contributed by atoms with E-state index in [1.807, 2.05) is 6.92 Å². The van der Waals surface area contributed by atoms with Crippen LogP contribution in [0.3, 0.4) is 0 Å². The summed E-state index contributed by atoms with van der Waals surface area (Å²) in [5.41, 5.74) is 7.75. The van der Waals surface area contributed by atoms with Crippen molar-refractivity contribution in [2.75, 3.05) is 19.7 Å². The fourth-order valence-electron chi connectivity index (χ4n) is 3.22. The van der Waals surface area contributed by atoms with Crippen molar-refractivity contribution in [2.45, 2.75) is 46.1 Å². The first-order valence-corrected chi connectivity index (χ1v) is 6.81. The number of carbonyl (C=O) groups excluding carboxylic acids is 1. The zero-order valence-electron chi connectivity index (χ0n) is 12.3. The van der Waals surface area contributed by atoms with Crippen molar-refractivity contribution in [1.82, 2.24) is 5.32 Å². The molecular weight excluding hydrogens is 244 g/mol. The van der Waals surface area contributed by atoms with E-state index in [4.69, 9.17) is 10.3 Å². The van der Waals surface area contributed by atoms with E-state index >= 15 is 0 Å². The van der Waals surface area contributed by atoms with Crippen molar-refractivity contribution in [3.8, 4) is 0 Å². The van der Waals surface area contributed by atoms with Gasteiger partial charge < -0.3 is 10.1 Å². The third kappa shape index (κ3) is 3.61. The SMILES string of the molecule is CCOC(=O)C1(NCCN=[N+]=[N-])CC(C)(C)CC1C. The van der Waals surface area contributed by atoms with Crippen molar-refractivity contribution in [1.29, 1.82) is 0 Å². The summed E-state index contributed by atoms with van der Waals surface area (Å²) in [7, 11) is 0. The average Bonchev–Trinajstić information content (AvgIpc) is 2.56. The van der Waals surface area contributed by atoms with Gasteiger partial charge in [-0.3, -0.25) is 4.79 Å². The molecule has 2 atom stereocenters. The summed E-state index contributed by atoms with van der Waals surface area (Å²) in [5.74, 6) is 0.0154. The zero-order valence-corrected chi connectivity index (χ0v) is 12.3. The van der Waals surface area contributed by atoms with Gasteiger partial charge in [0, 0.05) is 18.0 Å². The van der Waals surface area contributed by atoms with Gasteiger partial charge in [-0.05, 0) is 36.6 Å². The minimum Gasteiger partial charge on any atom is -0.465 e. The molecule has 1 aliphatic rings. The molecule has 1 fully saturated rings. The summed E-state index contributed by atoms with van der Waals surface area (Å²) in [5, 5.41) is 6.78. The van der Waals surface area contributed by atoms with Crippen LogP contribution in [0.1, 0.15) is 40.5 Å². The van der Waals surface area contributed by atoms with E-state index in [1.54, 1.807) is 0 Å². The quantitative estimate of drug-likeness (QED) is 0.264. The Morgan fingerprint density at radius 3 is 2.74 bits per heavy atom. The van der Waals surface area contributed by atoms with Crippen LogP contribution in [-0.2, 0) is 9.53 Å². The smallest absolute Gasteiger partial charge is 0.326 e. The van der Waals surface area contributed by atoms with Gasteiger partial charge in [-0.15, -0.1) is 0 Å². The number of hydrogen-bond donors (Lipinski definition) is 1. The highest BCUT2D eigenvalue weighted by atomic mass is 16.5. The van der Waals surface area contributed by atoms with Gasteiger partial charge >= 0.3 is 5.97 Å². The van der Waals surface area contributed by atoms with Gasteiger partial charge in [-0.25, -0.2) is 0 Å². The predicted molar refractivity (Wildman–Crippen MR) is 73.6 cm³/mol. The highest BCUT2D eigenvalue weighted by Crippen LogP contribution is 2.48. The van der Waals surface area contributed by atoms with Crippen molar-refractivity contribution in [2.24, 2.45) is 16.4 Å². The molecule has 0 aromatic heterocycles. The van der Waals surface area contributed by atoms with Gasteiger partial charge in [-0.2, -0.15) is 0 Å². The molecule has 0 aromatic rings. The maximum atomic E-state index is 12.3. The second-order valence-electron chi connectivity index (χ2n) is 6.02. The Morgan fingerprint density at radius 2 is 2.26 bits per heavy atom. The highest BCUT2D eigenvalue weighted by molar-refractivity contribution is 5.82. The van der Waals surface area contributed by atoms with Crippen LogP contribution in [0, 0.1) is 11.3 Å². The largest absolute Gasteiger partial charge is 0.465 e. The second-order valence-corrected chi connectivity index (χ2v) is 6.02. The minimum absolute atomic E-state index is 0.109. The van der Waals surface area contributed by atoms with Gasteiger partial charge in [0.15, 0.2) is 0 Å². The number of rotatable bonds is 6. The Labute approximate surface area is 114 Å². The fraction of sp³-hybridized carbons (Fsp3) is 0.923. The molecule has 108 valence electrons. The Kier molecular flexibility index (Phi) is 5.20. The van der Waals surface area contributed by atoms with E-state index in [-0.39, 0.29) is 17.3 Å². The van der Waals surface area contributed by atoms with Gasteiger partial charge in [0.25, 0.3) is 0 Å². The number of hydrogen-bond acceptors (Lipinski definition) is 4. The van der Waals surface area contributed by atoms with Crippen molar-refractivity contribution in [3.63, 3.8) is 0 Å². The summed E-state index contributed by atoms with van der Waals surface area (Å²) in [6, 6.07) is 0. The van der Waals surface area contributed by atoms with Crippen LogP contribution in [0.25, 0.3) is 10.4 Å². The molecule has 1 saturated carbocycles.